The first-order valence-electron chi connectivity index (χ1n) is 5.13. The molecule has 0 saturated heterocycles. The number of halogens is 2. The zero-order valence-corrected chi connectivity index (χ0v) is 8.95. The summed E-state index contributed by atoms with van der Waals surface area (Å²) < 4.78 is 30.6. The number of benzene rings is 1. The second kappa shape index (κ2) is 4.91. The third kappa shape index (κ3) is 3.00. The van der Waals surface area contributed by atoms with Gasteiger partial charge in [0.25, 0.3) is 0 Å². The number of Topliss-reactive ketones (excluding diaryl/α,β-unsaturated/α-hetero) is 1. The molecule has 0 atom stereocenters. The molecule has 0 spiro atoms. The van der Waals surface area contributed by atoms with Gasteiger partial charge in [-0.25, -0.2) is 8.78 Å². The number of rotatable bonds is 4. The normalized spacial score (nSPS) is 10.5. The molecule has 17 heavy (non-hydrogen) atoms. The van der Waals surface area contributed by atoms with Gasteiger partial charge in [-0.2, -0.15) is 0 Å². The highest BCUT2D eigenvalue weighted by atomic mass is 19.2. The molecule has 1 aromatic heterocycles. The molecule has 0 saturated carbocycles. The van der Waals surface area contributed by atoms with E-state index in [0.29, 0.717) is 11.3 Å². The van der Waals surface area contributed by atoms with Crippen molar-refractivity contribution in [1.82, 2.24) is 0 Å². The van der Waals surface area contributed by atoms with Crippen LogP contribution in [-0.2, 0) is 17.6 Å². The average Bonchev–Trinajstić information content (AvgIpc) is 2.76. The largest absolute Gasteiger partial charge is 0.469 e. The molecule has 2 nitrogen and oxygen atoms in total. The summed E-state index contributed by atoms with van der Waals surface area (Å²) in [6, 6.07) is 6.85. The maximum absolute atomic E-state index is 12.9. The summed E-state index contributed by atoms with van der Waals surface area (Å²) in [4.78, 5) is 11.6. The Morgan fingerprint density at radius 2 is 1.94 bits per heavy atom. The van der Waals surface area contributed by atoms with Crippen molar-refractivity contribution in [2.24, 2.45) is 0 Å². The molecule has 1 heterocycles. The first-order valence-corrected chi connectivity index (χ1v) is 5.13. The first kappa shape index (κ1) is 11.5. The summed E-state index contributed by atoms with van der Waals surface area (Å²) in [7, 11) is 0. The fraction of sp³-hybridized carbons (Fsp3) is 0.154. The molecule has 0 fully saturated rings. The van der Waals surface area contributed by atoms with Crippen LogP contribution >= 0.6 is 0 Å². The van der Waals surface area contributed by atoms with Gasteiger partial charge in [-0.1, -0.05) is 6.07 Å². The van der Waals surface area contributed by atoms with Gasteiger partial charge in [0.2, 0.25) is 0 Å². The third-order valence-corrected chi connectivity index (χ3v) is 2.34. The zero-order chi connectivity index (χ0) is 12.3. The van der Waals surface area contributed by atoms with Crippen molar-refractivity contribution in [3.8, 4) is 0 Å². The van der Waals surface area contributed by atoms with E-state index in [0.717, 1.165) is 12.1 Å². The summed E-state index contributed by atoms with van der Waals surface area (Å²) in [5.41, 5.74) is 0.459. The summed E-state index contributed by atoms with van der Waals surface area (Å²) in [6.07, 6.45) is 1.71. The lowest BCUT2D eigenvalue weighted by molar-refractivity contribution is -0.118. The van der Waals surface area contributed by atoms with E-state index in [9.17, 15) is 13.6 Å². The van der Waals surface area contributed by atoms with Gasteiger partial charge in [0.05, 0.1) is 12.7 Å². The minimum atomic E-state index is -0.937. The van der Waals surface area contributed by atoms with E-state index in [-0.39, 0.29) is 18.6 Å². The monoisotopic (exact) mass is 236 g/mol. The lowest BCUT2D eigenvalue weighted by Gasteiger charge is -2.00. The predicted octanol–water partition coefficient (Wildman–Crippen LogP) is 2.91. The lowest BCUT2D eigenvalue weighted by atomic mass is 10.1. The van der Waals surface area contributed by atoms with Gasteiger partial charge in [0.15, 0.2) is 11.6 Å². The Morgan fingerprint density at radius 3 is 2.59 bits per heavy atom. The number of hydrogen-bond acceptors (Lipinski definition) is 2. The molecular formula is C13H10F2O2. The summed E-state index contributed by atoms with van der Waals surface area (Å²) in [6.45, 7) is 0. The minimum absolute atomic E-state index is 0.0674. The number of hydrogen-bond donors (Lipinski definition) is 0. The summed E-state index contributed by atoms with van der Waals surface area (Å²) in [5, 5.41) is 0. The molecule has 0 radical (unpaired) electrons. The van der Waals surface area contributed by atoms with Crippen molar-refractivity contribution in [3.05, 3.63) is 59.6 Å². The maximum atomic E-state index is 12.9. The van der Waals surface area contributed by atoms with Crippen LogP contribution in [0.5, 0.6) is 0 Å². The molecule has 0 unspecified atom stereocenters. The Hall–Kier alpha value is -1.97. The van der Waals surface area contributed by atoms with Gasteiger partial charge in [-0.15, -0.1) is 0 Å². The van der Waals surface area contributed by atoms with E-state index >= 15 is 0 Å². The zero-order valence-electron chi connectivity index (χ0n) is 8.95. The van der Waals surface area contributed by atoms with Gasteiger partial charge >= 0.3 is 0 Å². The lowest BCUT2D eigenvalue weighted by Crippen LogP contribution is -2.06. The standard InChI is InChI=1S/C13H10F2O2/c14-12-4-3-9(7-13(12)15)6-10(16)8-11-2-1-5-17-11/h1-5,7H,6,8H2. The first-order chi connectivity index (χ1) is 8.15. The van der Waals surface area contributed by atoms with E-state index in [4.69, 9.17) is 4.42 Å². The van der Waals surface area contributed by atoms with Gasteiger partial charge in [-0.3, -0.25) is 4.79 Å². The minimum Gasteiger partial charge on any atom is -0.469 e. The molecule has 1 aromatic carbocycles. The van der Waals surface area contributed by atoms with Crippen molar-refractivity contribution < 1.29 is 18.0 Å². The molecule has 0 bridgehead atoms. The SMILES string of the molecule is O=C(Cc1ccc(F)c(F)c1)Cc1ccco1. The molecule has 0 amide bonds. The predicted molar refractivity (Wildman–Crippen MR) is 57.5 cm³/mol. The van der Waals surface area contributed by atoms with Crippen LogP contribution in [0.15, 0.2) is 41.0 Å². The fourth-order valence-electron chi connectivity index (χ4n) is 1.55. The number of ketones is 1. The quantitative estimate of drug-likeness (QED) is 0.817. The van der Waals surface area contributed by atoms with Gasteiger partial charge < -0.3 is 4.42 Å². The van der Waals surface area contributed by atoms with Crippen LogP contribution in [0.25, 0.3) is 0 Å². The van der Waals surface area contributed by atoms with E-state index in [2.05, 4.69) is 0 Å². The van der Waals surface area contributed by atoms with Crippen LogP contribution in [0.4, 0.5) is 8.78 Å². The van der Waals surface area contributed by atoms with E-state index in [1.807, 2.05) is 0 Å². The fourth-order valence-corrected chi connectivity index (χ4v) is 1.55. The van der Waals surface area contributed by atoms with Crippen molar-refractivity contribution in [2.75, 3.05) is 0 Å². The number of carbonyl (C=O) groups is 1. The Kier molecular flexibility index (Phi) is 3.32. The topological polar surface area (TPSA) is 30.2 Å². The third-order valence-electron chi connectivity index (χ3n) is 2.34. The van der Waals surface area contributed by atoms with Crippen molar-refractivity contribution >= 4 is 5.78 Å². The molecule has 0 N–H and O–H groups in total. The number of furan rings is 1. The molecule has 0 aliphatic rings. The molecule has 4 heteroatoms. The molecule has 0 aliphatic carbocycles. The van der Waals surface area contributed by atoms with Crippen LogP contribution in [0.2, 0.25) is 0 Å². The second-order valence-corrected chi connectivity index (χ2v) is 3.72. The Labute approximate surface area is 96.9 Å². The van der Waals surface area contributed by atoms with Crippen molar-refractivity contribution in [1.29, 1.82) is 0 Å². The highest BCUT2D eigenvalue weighted by Crippen LogP contribution is 2.11. The molecule has 0 aliphatic heterocycles. The van der Waals surface area contributed by atoms with Gasteiger partial charge in [0.1, 0.15) is 11.5 Å². The Bertz CT molecular complexity index is 518. The Morgan fingerprint density at radius 1 is 1.12 bits per heavy atom. The van der Waals surface area contributed by atoms with Gasteiger partial charge in [0, 0.05) is 6.42 Å². The molecule has 2 aromatic rings. The maximum Gasteiger partial charge on any atom is 0.159 e. The van der Waals surface area contributed by atoms with Crippen LogP contribution in [-0.4, -0.2) is 5.78 Å². The average molecular weight is 236 g/mol. The van der Waals surface area contributed by atoms with Crippen molar-refractivity contribution in [3.63, 3.8) is 0 Å². The van der Waals surface area contributed by atoms with E-state index in [1.165, 1.54) is 12.3 Å². The van der Waals surface area contributed by atoms with E-state index < -0.39 is 11.6 Å². The van der Waals surface area contributed by atoms with Crippen LogP contribution in [0.1, 0.15) is 11.3 Å². The molecule has 2 rings (SSSR count). The molecule has 88 valence electrons. The van der Waals surface area contributed by atoms with E-state index in [1.54, 1.807) is 12.1 Å². The van der Waals surface area contributed by atoms with Crippen LogP contribution in [0, 0.1) is 11.6 Å². The molecular weight excluding hydrogens is 226 g/mol. The van der Waals surface area contributed by atoms with Gasteiger partial charge in [-0.05, 0) is 29.8 Å². The highest BCUT2D eigenvalue weighted by molar-refractivity contribution is 5.82. The smallest absolute Gasteiger partial charge is 0.159 e. The van der Waals surface area contributed by atoms with Crippen LogP contribution in [0.3, 0.4) is 0 Å². The number of carbonyl (C=O) groups excluding carboxylic acids is 1. The van der Waals surface area contributed by atoms with Crippen LogP contribution < -0.4 is 0 Å². The van der Waals surface area contributed by atoms with Crippen molar-refractivity contribution in [2.45, 2.75) is 12.8 Å². The summed E-state index contributed by atoms with van der Waals surface area (Å²) in [5.74, 6) is -1.39. The summed E-state index contributed by atoms with van der Waals surface area (Å²) >= 11 is 0. The second-order valence-electron chi connectivity index (χ2n) is 3.72. The highest BCUT2D eigenvalue weighted by Gasteiger charge is 2.09. The Balaban J connectivity index is 2.00.